The highest BCUT2D eigenvalue weighted by Crippen LogP contribution is 2.03. The van der Waals surface area contributed by atoms with Gasteiger partial charge in [0, 0.05) is 13.0 Å². The van der Waals surface area contributed by atoms with Crippen LogP contribution in [0.1, 0.15) is 25.0 Å². The third-order valence-electron chi connectivity index (χ3n) is 1.89. The van der Waals surface area contributed by atoms with Crippen LogP contribution in [-0.2, 0) is 17.8 Å². The van der Waals surface area contributed by atoms with Crippen molar-refractivity contribution in [1.29, 1.82) is 0 Å². The Morgan fingerprint density at radius 1 is 1.54 bits per heavy atom. The lowest BCUT2D eigenvalue weighted by atomic mass is 10.3. The maximum absolute atomic E-state index is 10.3. The molecule has 1 N–H and O–H groups in total. The normalized spacial score (nSPS) is 10.3. The summed E-state index contributed by atoms with van der Waals surface area (Å²) < 4.78 is 1.92. The van der Waals surface area contributed by atoms with E-state index in [0.717, 1.165) is 18.2 Å². The molecule has 1 rings (SSSR count). The second-order valence-electron chi connectivity index (χ2n) is 2.80. The highest BCUT2D eigenvalue weighted by atomic mass is 16.4. The Kier molecular flexibility index (Phi) is 3.00. The quantitative estimate of drug-likeness (QED) is 0.743. The van der Waals surface area contributed by atoms with Gasteiger partial charge >= 0.3 is 5.97 Å². The average molecular weight is 183 g/mol. The van der Waals surface area contributed by atoms with Crippen molar-refractivity contribution in [1.82, 2.24) is 14.8 Å². The van der Waals surface area contributed by atoms with Crippen molar-refractivity contribution >= 4 is 5.97 Å². The molecule has 1 heterocycles. The number of carbonyl (C=O) groups is 1. The SMILES string of the molecule is CCn1c(C)nnc1CCC(=O)O. The van der Waals surface area contributed by atoms with Crippen molar-refractivity contribution in [2.45, 2.75) is 33.2 Å². The summed E-state index contributed by atoms with van der Waals surface area (Å²) in [4.78, 5) is 10.3. The summed E-state index contributed by atoms with van der Waals surface area (Å²) in [5.41, 5.74) is 0. The minimum absolute atomic E-state index is 0.109. The van der Waals surface area contributed by atoms with E-state index in [1.807, 2.05) is 18.4 Å². The number of rotatable bonds is 4. The summed E-state index contributed by atoms with van der Waals surface area (Å²) in [6.07, 6.45) is 0.558. The molecular formula is C8H13N3O2. The van der Waals surface area contributed by atoms with E-state index in [0.29, 0.717) is 6.42 Å². The summed E-state index contributed by atoms with van der Waals surface area (Å²) in [6, 6.07) is 0. The van der Waals surface area contributed by atoms with Gasteiger partial charge in [-0.3, -0.25) is 4.79 Å². The zero-order chi connectivity index (χ0) is 9.84. The topological polar surface area (TPSA) is 68.0 Å². The minimum atomic E-state index is -0.802. The van der Waals surface area contributed by atoms with Crippen LogP contribution >= 0.6 is 0 Å². The van der Waals surface area contributed by atoms with Crippen LogP contribution < -0.4 is 0 Å². The Morgan fingerprint density at radius 2 is 2.23 bits per heavy atom. The fraction of sp³-hybridized carbons (Fsp3) is 0.625. The van der Waals surface area contributed by atoms with E-state index in [9.17, 15) is 4.79 Å². The lowest BCUT2D eigenvalue weighted by molar-refractivity contribution is -0.137. The second-order valence-corrected chi connectivity index (χ2v) is 2.80. The molecule has 0 aromatic carbocycles. The maximum Gasteiger partial charge on any atom is 0.303 e. The summed E-state index contributed by atoms with van der Waals surface area (Å²) in [7, 11) is 0. The second kappa shape index (κ2) is 4.02. The van der Waals surface area contributed by atoms with Gasteiger partial charge in [-0.15, -0.1) is 10.2 Å². The fourth-order valence-electron chi connectivity index (χ4n) is 1.24. The third-order valence-corrected chi connectivity index (χ3v) is 1.89. The lowest BCUT2D eigenvalue weighted by Crippen LogP contribution is -2.06. The Bertz CT molecular complexity index is 306. The fourth-order valence-corrected chi connectivity index (χ4v) is 1.24. The van der Waals surface area contributed by atoms with E-state index in [2.05, 4.69) is 10.2 Å². The highest BCUT2D eigenvalue weighted by molar-refractivity contribution is 5.66. The van der Waals surface area contributed by atoms with Crippen LogP contribution in [0.2, 0.25) is 0 Å². The molecule has 0 atom stereocenters. The summed E-state index contributed by atoms with van der Waals surface area (Å²) >= 11 is 0. The first-order valence-corrected chi connectivity index (χ1v) is 4.25. The number of carboxylic acid groups (broad SMARTS) is 1. The van der Waals surface area contributed by atoms with E-state index >= 15 is 0 Å². The molecule has 0 saturated carbocycles. The molecule has 0 aliphatic rings. The van der Waals surface area contributed by atoms with Gasteiger partial charge in [0.15, 0.2) is 0 Å². The molecule has 0 bridgehead atoms. The first-order chi connectivity index (χ1) is 6.15. The number of aryl methyl sites for hydroxylation is 2. The van der Waals surface area contributed by atoms with Crippen LogP contribution in [0.5, 0.6) is 0 Å². The molecule has 0 aliphatic heterocycles. The lowest BCUT2D eigenvalue weighted by Gasteiger charge is -2.02. The zero-order valence-corrected chi connectivity index (χ0v) is 7.82. The molecule has 5 heteroatoms. The summed E-state index contributed by atoms with van der Waals surface area (Å²) in [5.74, 6) is 0.786. The van der Waals surface area contributed by atoms with Crippen LogP contribution in [0.15, 0.2) is 0 Å². The Morgan fingerprint density at radius 3 is 2.77 bits per heavy atom. The minimum Gasteiger partial charge on any atom is -0.481 e. The van der Waals surface area contributed by atoms with Gasteiger partial charge in [-0.1, -0.05) is 0 Å². The molecule has 0 radical (unpaired) electrons. The van der Waals surface area contributed by atoms with Crippen molar-refractivity contribution < 1.29 is 9.90 Å². The number of hydrogen-bond acceptors (Lipinski definition) is 3. The van der Waals surface area contributed by atoms with E-state index in [-0.39, 0.29) is 6.42 Å². The van der Waals surface area contributed by atoms with Gasteiger partial charge < -0.3 is 9.67 Å². The third kappa shape index (κ3) is 2.27. The maximum atomic E-state index is 10.3. The summed E-state index contributed by atoms with van der Waals surface area (Å²) in [5, 5.41) is 16.3. The monoisotopic (exact) mass is 183 g/mol. The van der Waals surface area contributed by atoms with Crippen molar-refractivity contribution in [2.75, 3.05) is 0 Å². The van der Waals surface area contributed by atoms with E-state index in [4.69, 9.17) is 5.11 Å². The average Bonchev–Trinajstić information content (AvgIpc) is 2.42. The van der Waals surface area contributed by atoms with Crippen LogP contribution in [0.4, 0.5) is 0 Å². The van der Waals surface area contributed by atoms with Crippen molar-refractivity contribution in [3.8, 4) is 0 Å². The van der Waals surface area contributed by atoms with Gasteiger partial charge in [0.05, 0.1) is 6.42 Å². The molecule has 1 aromatic rings. The molecule has 0 spiro atoms. The standard InChI is InChI=1S/C8H13N3O2/c1-3-11-6(2)9-10-7(11)4-5-8(12)13/h3-5H2,1-2H3,(H,12,13). The molecule has 0 unspecified atom stereocenters. The first-order valence-electron chi connectivity index (χ1n) is 4.25. The van der Waals surface area contributed by atoms with Crippen molar-refractivity contribution in [3.63, 3.8) is 0 Å². The predicted molar refractivity (Wildman–Crippen MR) is 46.4 cm³/mol. The van der Waals surface area contributed by atoms with E-state index in [1.54, 1.807) is 0 Å². The van der Waals surface area contributed by atoms with Gasteiger partial charge in [0.25, 0.3) is 0 Å². The molecule has 1 aromatic heterocycles. The van der Waals surface area contributed by atoms with Crippen LogP contribution in [0, 0.1) is 6.92 Å². The molecule has 13 heavy (non-hydrogen) atoms. The molecular weight excluding hydrogens is 170 g/mol. The van der Waals surface area contributed by atoms with E-state index < -0.39 is 5.97 Å². The van der Waals surface area contributed by atoms with Crippen LogP contribution in [0.3, 0.4) is 0 Å². The number of carboxylic acids is 1. The first kappa shape index (κ1) is 9.70. The van der Waals surface area contributed by atoms with Gasteiger partial charge in [0.1, 0.15) is 11.6 Å². The number of nitrogens with zero attached hydrogens (tertiary/aromatic N) is 3. The van der Waals surface area contributed by atoms with Crippen LogP contribution in [0.25, 0.3) is 0 Å². The molecule has 72 valence electrons. The van der Waals surface area contributed by atoms with Gasteiger partial charge in [-0.2, -0.15) is 0 Å². The smallest absolute Gasteiger partial charge is 0.303 e. The highest BCUT2D eigenvalue weighted by Gasteiger charge is 2.08. The van der Waals surface area contributed by atoms with Crippen molar-refractivity contribution in [3.05, 3.63) is 11.6 Å². The number of hydrogen-bond donors (Lipinski definition) is 1. The van der Waals surface area contributed by atoms with Crippen molar-refractivity contribution in [2.24, 2.45) is 0 Å². The van der Waals surface area contributed by atoms with Crippen LogP contribution in [-0.4, -0.2) is 25.8 Å². The molecule has 0 saturated heterocycles. The summed E-state index contributed by atoms with van der Waals surface area (Å²) in [6.45, 7) is 4.63. The number of aliphatic carboxylic acids is 1. The largest absolute Gasteiger partial charge is 0.481 e. The molecule has 0 amide bonds. The van der Waals surface area contributed by atoms with Gasteiger partial charge in [-0.05, 0) is 13.8 Å². The van der Waals surface area contributed by atoms with Gasteiger partial charge in [-0.25, -0.2) is 0 Å². The Hall–Kier alpha value is -1.39. The molecule has 0 fully saturated rings. The Labute approximate surface area is 76.4 Å². The Balaban J connectivity index is 2.70. The molecule has 0 aliphatic carbocycles. The van der Waals surface area contributed by atoms with E-state index in [1.165, 1.54) is 0 Å². The molecule has 5 nitrogen and oxygen atoms in total. The number of aromatic nitrogens is 3. The zero-order valence-electron chi connectivity index (χ0n) is 7.82. The van der Waals surface area contributed by atoms with Gasteiger partial charge in [0.2, 0.25) is 0 Å². The predicted octanol–water partition coefficient (Wildman–Crippen LogP) is 0.624.